The lowest BCUT2D eigenvalue weighted by Gasteiger charge is -2.34. The molecule has 0 spiro atoms. The predicted octanol–water partition coefficient (Wildman–Crippen LogP) is 3.10. The van der Waals surface area contributed by atoms with Crippen LogP contribution in [-0.4, -0.2) is 41.9 Å². The molecule has 2 aromatic carbocycles. The Balaban J connectivity index is 1.43. The van der Waals surface area contributed by atoms with E-state index in [1.54, 1.807) is 6.07 Å². The van der Waals surface area contributed by atoms with Crippen molar-refractivity contribution in [2.45, 2.75) is 19.4 Å². The summed E-state index contributed by atoms with van der Waals surface area (Å²) in [6, 6.07) is 16.9. The molecule has 1 amide bonds. The number of hydrogen-bond acceptors (Lipinski definition) is 2. The quantitative estimate of drug-likeness (QED) is 0.843. The van der Waals surface area contributed by atoms with E-state index in [4.69, 9.17) is 0 Å². The molecule has 0 atom stereocenters. The molecule has 3 nitrogen and oxygen atoms in total. The first-order valence-electron chi connectivity index (χ1n) is 8.49. The van der Waals surface area contributed by atoms with E-state index in [2.05, 4.69) is 29.2 Å². The van der Waals surface area contributed by atoms with Crippen LogP contribution in [0.1, 0.15) is 17.5 Å². The van der Waals surface area contributed by atoms with E-state index in [-0.39, 0.29) is 11.7 Å². The summed E-state index contributed by atoms with van der Waals surface area (Å²) in [5.41, 5.74) is 2.19. The van der Waals surface area contributed by atoms with Crippen molar-refractivity contribution >= 4 is 5.91 Å². The standard InChI is InChI=1S/C20H23FN2O/c21-19-8-4-7-17(15-19)9-10-20(24)23-13-11-22(12-14-23)16-18-5-2-1-3-6-18/h1-8,15H,9-14,16H2. The number of piperazine rings is 1. The molecule has 126 valence electrons. The lowest BCUT2D eigenvalue weighted by Crippen LogP contribution is -2.48. The summed E-state index contributed by atoms with van der Waals surface area (Å²) < 4.78 is 13.2. The zero-order valence-corrected chi connectivity index (χ0v) is 13.8. The van der Waals surface area contributed by atoms with Crippen molar-refractivity contribution in [2.24, 2.45) is 0 Å². The van der Waals surface area contributed by atoms with Crippen molar-refractivity contribution in [1.82, 2.24) is 9.80 Å². The lowest BCUT2D eigenvalue weighted by molar-refractivity contribution is -0.133. The SMILES string of the molecule is O=C(CCc1cccc(F)c1)N1CCN(Cc2ccccc2)CC1. The monoisotopic (exact) mass is 326 g/mol. The smallest absolute Gasteiger partial charge is 0.222 e. The first-order chi connectivity index (χ1) is 11.7. The van der Waals surface area contributed by atoms with Crippen molar-refractivity contribution < 1.29 is 9.18 Å². The molecule has 1 saturated heterocycles. The number of rotatable bonds is 5. The second-order valence-corrected chi connectivity index (χ2v) is 6.27. The first-order valence-corrected chi connectivity index (χ1v) is 8.49. The highest BCUT2D eigenvalue weighted by Gasteiger charge is 2.20. The maximum Gasteiger partial charge on any atom is 0.222 e. The fraction of sp³-hybridized carbons (Fsp3) is 0.350. The van der Waals surface area contributed by atoms with Crippen LogP contribution >= 0.6 is 0 Å². The van der Waals surface area contributed by atoms with Gasteiger partial charge in [-0.2, -0.15) is 0 Å². The number of nitrogens with zero attached hydrogens (tertiary/aromatic N) is 2. The molecule has 4 heteroatoms. The van der Waals surface area contributed by atoms with Gasteiger partial charge < -0.3 is 4.90 Å². The van der Waals surface area contributed by atoms with Crippen LogP contribution in [0.25, 0.3) is 0 Å². The fourth-order valence-corrected chi connectivity index (χ4v) is 3.10. The Labute approximate surface area is 142 Å². The zero-order valence-electron chi connectivity index (χ0n) is 13.8. The van der Waals surface area contributed by atoms with Crippen molar-refractivity contribution in [1.29, 1.82) is 0 Å². The zero-order chi connectivity index (χ0) is 16.8. The molecule has 0 radical (unpaired) electrons. The molecule has 1 heterocycles. The molecule has 0 bridgehead atoms. The van der Waals surface area contributed by atoms with Crippen LogP contribution in [0.2, 0.25) is 0 Å². The molecule has 1 fully saturated rings. The van der Waals surface area contributed by atoms with E-state index in [1.165, 1.54) is 17.7 Å². The Hall–Kier alpha value is -2.20. The third-order valence-corrected chi connectivity index (χ3v) is 4.49. The normalized spacial score (nSPS) is 15.5. The Bertz CT molecular complexity index is 666. The van der Waals surface area contributed by atoms with Gasteiger partial charge in [0.25, 0.3) is 0 Å². The van der Waals surface area contributed by atoms with Gasteiger partial charge in [-0.25, -0.2) is 4.39 Å². The maximum absolute atomic E-state index is 13.2. The molecule has 0 N–H and O–H groups in total. The van der Waals surface area contributed by atoms with Crippen LogP contribution in [0.4, 0.5) is 4.39 Å². The van der Waals surface area contributed by atoms with Gasteiger partial charge in [0.2, 0.25) is 5.91 Å². The van der Waals surface area contributed by atoms with Crippen molar-refractivity contribution in [3.8, 4) is 0 Å². The van der Waals surface area contributed by atoms with Crippen LogP contribution in [0.15, 0.2) is 54.6 Å². The number of carbonyl (C=O) groups is 1. The Morgan fingerprint density at radius 3 is 2.33 bits per heavy atom. The van der Waals surface area contributed by atoms with Crippen molar-refractivity contribution in [3.63, 3.8) is 0 Å². The Kier molecular flexibility index (Phi) is 5.59. The highest BCUT2D eigenvalue weighted by Crippen LogP contribution is 2.11. The van der Waals surface area contributed by atoms with E-state index in [0.29, 0.717) is 12.8 Å². The minimum Gasteiger partial charge on any atom is -0.340 e. The van der Waals surface area contributed by atoms with E-state index in [0.717, 1.165) is 38.3 Å². The minimum atomic E-state index is -0.241. The van der Waals surface area contributed by atoms with Gasteiger partial charge in [-0.05, 0) is 29.7 Å². The summed E-state index contributed by atoms with van der Waals surface area (Å²) >= 11 is 0. The second kappa shape index (κ2) is 8.06. The van der Waals surface area contributed by atoms with E-state index >= 15 is 0 Å². The minimum absolute atomic E-state index is 0.165. The fourth-order valence-electron chi connectivity index (χ4n) is 3.10. The largest absolute Gasteiger partial charge is 0.340 e. The van der Waals surface area contributed by atoms with Crippen LogP contribution in [0, 0.1) is 5.82 Å². The highest BCUT2D eigenvalue weighted by atomic mass is 19.1. The lowest BCUT2D eigenvalue weighted by atomic mass is 10.1. The van der Waals surface area contributed by atoms with E-state index in [1.807, 2.05) is 17.0 Å². The molecule has 0 aliphatic carbocycles. The molecule has 1 aliphatic rings. The molecular weight excluding hydrogens is 303 g/mol. The number of hydrogen-bond donors (Lipinski definition) is 0. The van der Waals surface area contributed by atoms with Crippen LogP contribution in [0.5, 0.6) is 0 Å². The number of aryl methyl sites for hydroxylation is 1. The topological polar surface area (TPSA) is 23.6 Å². The summed E-state index contributed by atoms with van der Waals surface area (Å²) in [5, 5.41) is 0. The Morgan fingerprint density at radius 1 is 0.917 bits per heavy atom. The molecule has 3 rings (SSSR count). The predicted molar refractivity (Wildman–Crippen MR) is 93.0 cm³/mol. The summed E-state index contributed by atoms with van der Waals surface area (Å²) in [6.45, 7) is 4.29. The van der Waals surface area contributed by atoms with Gasteiger partial charge in [0.1, 0.15) is 5.82 Å². The van der Waals surface area contributed by atoms with Gasteiger partial charge >= 0.3 is 0 Å². The molecule has 2 aromatic rings. The molecule has 0 saturated carbocycles. The molecule has 1 aliphatic heterocycles. The Morgan fingerprint density at radius 2 is 1.62 bits per heavy atom. The second-order valence-electron chi connectivity index (χ2n) is 6.27. The third-order valence-electron chi connectivity index (χ3n) is 4.49. The maximum atomic E-state index is 13.2. The van der Waals surface area contributed by atoms with Gasteiger partial charge in [-0.15, -0.1) is 0 Å². The summed E-state index contributed by atoms with van der Waals surface area (Å²) in [5.74, 6) is -0.0758. The van der Waals surface area contributed by atoms with Crippen molar-refractivity contribution in [3.05, 3.63) is 71.5 Å². The highest BCUT2D eigenvalue weighted by molar-refractivity contribution is 5.76. The van der Waals surface area contributed by atoms with Crippen molar-refractivity contribution in [2.75, 3.05) is 26.2 Å². The first kappa shape index (κ1) is 16.7. The van der Waals surface area contributed by atoms with Gasteiger partial charge in [-0.1, -0.05) is 42.5 Å². The van der Waals surface area contributed by atoms with Gasteiger partial charge in [0, 0.05) is 39.1 Å². The molecule has 0 unspecified atom stereocenters. The average Bonchev–Trinajstić information content (AvgIpc) is 2.61. The molecule has 24 heavy (non-hydrogen) atoms. The summed E-state index contributed by atoms with van der Waals surface area (Å²) in [4.78, 5) is 16.6. The van der Waals surface area contributed by atoms with E-state index < -0.39 is 0 Å². The van der Waals surface area contributed by atoms with E-state index in [9.17, 15) is 9.18 Å². The number of carbonyl (C=O) groups excluding carboxylic acids is 1. The number of halogens is 1. The molecular formula is C20H23FN2O. The molecule has 0 aromatic heterocycles. The van der Waals surface area contributed by atoms with Crippen LogP contribution in [0.3, 0.4) is 0 Å². The summed E-state index contributed by atoms with van der Waals surface area (Å²) in [6.07, 6.45) is 1.04. The summed E-state index contributed by atoms with van der Waals surface area (Å²) in [7, 11) is 0. The number of benzene rings is 2. The van der Waals surface area contributed by atoms with Gasteiger partial charge in [0.05, 0.1) is 0 Å². The van der Waals surface area contributed by atoms with Crippen LogP contribution in [-0.2, 0) is 17.8 Å². The average molecular weight is 326 g/mol. The van der Waals surface area contributed by atoms with Gasteiger partial charge in [0.15, 0.2) is 0 Å². The number of amides is 1. The van der Waals surface area contributed by atoms with Gasteiger partial charge in [-0.3, -0.25) is 9.69 Å². The van der Waals surface area contributed by atoms with Crippen LogP contribution < -0.4 is 0 Å². The third kappa shape index (κ3) is 4.65.